The van der Waals surface area contributed by atoms with E-state index in [-0.39, 0.29) is 17.8 Å². The van der Waals surface area contributed by atoms with Gasteiger partial charge in [0.25, 0.3) is 0 Å². The van der Waals surface area contributed by atoms with E-state index in [0.717, 1.165) is 22.4 Å². The highest BCUT2D eigenvalue weighted by Gasteiger charge is 2.61. The minimum Gasteiger partial charge on any atom is -0.480 e. The van der Waals surface area contributed by atoms with Gasteiger partial charge in [-0.15, -0.1) is 0 Å². The van der Waals surface area contributed by atoms with Crippen molar-refractivity contribution < 1.29 is 31.8 Å². The number of amides is 1. The molecule has 4 heterocycles. The van der Waals surface area contributed by atoms with Crippen LogP contribution in [0.15, 0.2) is 42.9 Å². The number of fused-ring (bicyclic) bond motifs is 3. The maximum absolute atomic E-state index is 14.1. The van der Waals surface area contributed by atoms with Gasteiger partial charge in [0, 0.05) is 29.8 Å². The number of halogens is 4. The fourth-order valence-corrected chi connectivity index (χ4v) is 5.97. The first-order valence-electron chi connectivity index (χ1n) is 13.1. The van der Waals surface area contributed by atoms with Crippen LogP contribution >= 0.6 is 0 Å². The molecule has 1 aliphatic heterocycles. The summed E-state index contributed by atoms with van der Waals surface area (Å²) in [5.41, 5.74) is 3.63. The molecule has 0 N–H and O–H groups in total. The topological polar surface area (TPSA) is 94.7 Å². The van der Waals surface area contributed by atoms with Crippen LogP contribution in [0.3, 0.4) is 0 Å². The zero-order chi connectivity index (χ0) is 28.7. The van der Waals surface area contributed by atoms with E-state index in [4.69, 9.17) is 9.47 Å². The minimum atomic E-state index is -4.31. The van der Waals surface area contributed by atoms with E-state index in [2.05, 4.69) is 20.1 Å². The summed E-state index contributed by atoms with van der Waals surface area (Å²) in [5.74, 6) is -4.51. The second kappa shape index (κ2) is 8.85. The average Bonchev–Trinajstić information content (AvgIpc) is 3.88. The monoisotopic (exact) mass is 568 g/mol. The largest absolute Gasteiger partial charge is 0.480 e. The molecular weight excluding hydrogens is 544 g/mol. The Bertz CT molecular complexity index is 1710. The molecule has 0 radical (unpaired) electrons. The molecule has 7 rings (SSSR count). The van der Waals surface area contributed by atoms with Gasteiger partial charge in [-0.1, -0.05) is 12.1 Å². The van der Waals surface area contributed by atoms with Crippen molar-refractivity contribution in [2.45, 2.75) is 48.9 Å². The minimum absolute atomic E-state index is 0.00776. The number of aromatic nitrogens is 5. The maximum atomic E-state index is 14.1. The lowest BCUT2D eigenvalue weighted by atomic mass is 9.95. The number of rotatable bonds is 8. The summed E-state index contributed by atoms with van der Waals surface area (Å²) < 4.78 is 66.5. The summed E-state index contributed by atoms with van der Waals surface area (Å²) in [6.07, 6.45) is 2.87. The smallest absolute Gasteiger partial charge is 0.324 e. The molecule has 4 aromatic rings. The molecular formula is C28H24F4N6O3. The molecule has 2 aliphatic carbocycles. The van der Waals surface area contributed by atoms with Gasteiger partial charge < -0.3 is 14.4 Å². The lowest BCUT2D eigenvalue weighted by Gasteiger charge is -2.24. The van der Waals surface area contributed by atoms with Crippen molar-refractivity contribution in [1.29, 1.82) is 0 Å². The molecule has 9 nitrogen and oxygen atoms in total. The number of benzene rings is 1. The predicted molar refractivity (Wildman–Crippen MR) is 138 cm³/mol. The number of methoxy groups -OCH3 is 2. The number of carbonyl (C=O) groups excluding carboxylic acids is 1. The van der Waals surface area contributed by atoms with Crippen molar-refractivity contribution in [3.63, 3.8) is 0 Å². The van der Waals surface area contributed by atoms with Gasteiger partial charge in [0.05, 0.1) is 37.4 Å². The number of carbonyl (C=O) groups is 1. The van der Waals surface area contributed by atoms with E-state index in [1.807, 2.05) is 12.1 Å². The molecule has 2 fully saturated rings. The predicted octanol–water partition coefficient (Wildman–Crippen LogP) is 4.75. The molecule has 41 heavy (non-hydrogen) atoms. The Morgan fingerprint density at radius 2 is 1.93 bits per heavy atom. The highest BCUT2D eigenvalue weighted by Crippen LogP contribution is 2.61. The van der Waals surface area contributed by atoms with Crippen molar-refractivity contribution in [3.05, 3.63) is 59.5 Å². The summed E-state index contributed by atoms with van der Waals surface area (Å²) in [7, 11) is 2.95. The van der Waals surface area contributed by atoms with Gasteiger partial charge >= 0.3 is 18.4 Å². The molecule has 2 saturated carbocycles. The molecule has 3 aliphatic rings. The van der Waals surface area contributed by atoms with Gasteiger partial charge in [-0.2, -0.15) is 18.9 Å². The Balaban J connectivity index is 1.24. The molecule has 0 bridgehead atoms. The molecule has 0 saturated heterocycles. The fraction of sp³-hybridized carbons (Fsp3) is 0.393. The van der Waals surface area contributed by atoms with Crippen LogP contribution in [-0.4, -0.2) is 63.6 Å². The fourth-order valence-electron chi connectivity index (χ4n) is 5.97. The zero-order valence-corrected chi connectivity index (χ0v) is 22.0. The quantitative estimate of drug-likeness (QED) is 0.283. The van der Waals surface area contributed by atoms with Gasteiger partial charge in [0.1, 0.15) is 0 Å². The van der Waals surface area contributed by atoms with Gasteiger partial charge in [0.15, 0.2) is 5.65 Å². The summed E-state index contributed by atoms with van der Waals surface area (Å²) in [6, 6.07) is 7.50. The molecule has 1 unspecified atom stereocenters. The average molecular weight is 569 g/mol. The number of imidazole rings is 1. The SMILES string of the molecule is COc1ncc(-c2cc(C3C[C@@H]3c3ccc4c(c3)N(CC(F)(F)C(F)F)C(=O)C43CC3)c3nccn3n2)c(OC)n1. The number of anilines is 1. The van der Waals surface area contributed by atoms with E-state index in [9.17, 15) is 22.4 Å². The summed E-state index contributed by atoms with van der Waals surface area (Å²) in [4.78, 5) is 26.9. The van der Waals surface area contributed by atoms with E-state index < -0.39 is 30.2 Å². The Morgan fingerprint density at radius 1 is 1.12 bits per heavy atom. The van der Waals surface area contributed by atoms with Crippen LogP contribution in [0, 0.1) is 0 Å². The molecule has 1 spiro atoms. The molecule has 1 aromatic carbocycles. The number of nitrogens with zero attached hydrogens (tertiary/aromatic N) is 6. The normalized spacial score (nSPS) is 20.7. The second-order valence-corrected chi connectivity index (χ2v) is 10.7. The molecule has 212 valence electrons. The van der Waals surface area contributed by atoms with Crippen LogP contribution < -0.4 is 14.4 Å². The third-order valence-corrected chi connectivity index (χ3v) is 8.31. The number of ether oxygens (including phenoxy) is 2. The van der Waals surface area contributed by atoms with Crippen molar-refractivity contribution in [1.82, 2.24) is 24.6 Å². The highest BCUT2D eigenvalue weighted by atomic mass is 19.3. The third kappa shape index (κ3) is 3.92. The first-order chi connectivity index (χ1) is 19.7. The molecule has 13 heteroatoms. The van der Waals surface area contributed by atoms with Crippen molar-refractivity contribution in [2.75, 3.05) is 25.7 Å². The standard InChI is InChI=1S/C28H24F4N6O3/c1-40-23-18(12-34-26(35-23)41-2)20-11-17(22-33-7-8-38(22)36-20)16-10-15(16)14-3-4-19-21(9-14)37(13-28(31,32)24(29)30)25(39)27(19)5-6-27/h3-4,7-9,11-12,15-16,24H,5-6,10,13H2,1-2H3/t15-,16?/m1/s1. The van der Waals surface area contributed by atoms with Gasteiger partial charge in [-0.25, -0.2) is 23.3 Å². The first-order valence-corrected chi connectivity index (χ1v) is 13.1. The third-order valence-electron chi connectivity index (χ3n) is 8.31. The lowest BCUT2D eigenvalue weighted by Crippen LogP contribution is -2.44. The number of hydrogen-bond acceptors (Lipinski definition) is 7. The Kier molecular flexibility index (Phi) is 5.54. The van der Waals surface area contributed by atoms with Crippen LogP contribution in [0.5, 0.6) is 11.9 Å². The van der Waals surface area contributed by atoms with Crippen LogP contribution in [0.4, 0.5) is 23.2 Å². The number of hydrogen-bond donors (Lipinski definition) is 0. The van der Waals surface area contributed by atoms with Crippen molar-refractivity contribution in [2.24, 2.45) is 0 Å². The van der Waals surface area contributed by atoms with E-state index in [1.54, 1.807) is 35.2 Å². The Labute approximate surface area is 231 Å². The summed E-state index contributed by atoms with van der Waals surface area (Å²) in [6.45, 7) is -1.34. The van der Waals surface area contributed by atoms with Gasteiger partial charge in [-0.3, -0.25) is 4.79 Å². The van der Waals surface area contributed by atoms with Crippen molar-refractivity contribution >= 4 is 17.2 Å². The zero-order valence-electron chi connectivity index (χ0n) is 22.0. The summed E-state index contributed by atoms with van der Waals surface area (Å²) >= 11 is 0. The Hall–Kier alpha value is -4.29. The van der Waals surface area contributed by atoms with Gasteiger partial charge in [-0.05, 0) is 54.4 Å². The van der Waals surface area contributed by atoms with Gasteiger partial charge in [0.2, 0.25) is 11.8 Å². The second-order valence-electron chi connectivity index (χ2n) is 10.7. The summed E-state index contributed by atoms with van der Waals surface area (Å²) in [5, 5.41) is 4.65. The van der Waals surface area contributed by atoms with Crippen molar-refractivity contribution in [3.8, 4) is 23.1 Å². The van der Waals surface area contributed by atoms with Crippen LogP contribution in [-0.2, 0) is 10.2 Å². The van der Waals surface area contributed by atoms with Crippen LogP contribution in [0.25, 0.3) is 16.9 Å². The Morgan fingerprint density at radius 3 is 2.63 bits per heavy atom. The molecule has 2 atom stereocenters. The van der Waals surface area contributed by atoms with E-state index in [0.29, 0.717) is 46.9 Å². The van der Waals surface area contributed by atoms with Crippen LogP contribution in [0.2, 0.25) is 0 Å². The van der Waals surface area contributed by atoms with E-state index in [1.165, 1.54) is 14.2 Å². The molecule has 3 aromatic heterocycles. The van der Waals surface area contributed by atoms with E-state index >= 15 is 0 Å². The van der Waals surface area contributed by atoms with Crippen LogP contribution in [0.1, 0.15) is 47.8 Å². The highest BCUT2D eigenvalue weighted by molar-refractivity contribution is 6.10. The molecule has 1 amide bonds. The number of alkyl halides is 4. The maximum Gasteiger partial charge on any atom is 0.324 e. The lowest BCUT2D eigenvalue weighted by molar-refractivity contribution is -0.131. The first kappa shape index (κ1) is 25.7.